The molecule has 0 spiro atoms. The van der Waals surface area contributed by atoms with E-state index in [1.807, 2.05) is 47.0 Å². The number of rotatable bonds is 4. The SMILES string of the molecule is CC(C)(C)Nc1cccc(-c2cccc3nc(Nc4ccccn4)nn23)c1. The summed E-state index contributed by atoms with van der Waals surface area (Å²) in [6.07, 6.45) is 1.73. The van der Waals surface area contributed by atoms with Crippen molar-refractivity contribution in [2.75, 3.05) is 10.6 Å². The molecule has 0 fully saturated rings. The quantitative estimate of drug-likeness (QED) is 0.551. The highest BCUT2D eigenvalue weighted by Gasteiger charge is 2.12. The minimum absolute atomic E-state index is 0.00232. The van der Waals surface area contributed by atoms with E-state index in [2.05, 4.69) is 64.7 Å². The van der Waals surface area contributed by atoms with Crippen LogP contribution in [0.25, 0.3) is 16.9 Å². The first-order valence-corrected chi connectivity index (χ1v) is 8.90. The molecule has 0 aliphatic heterocycles. The molecule has 4 rings (SSSR count). The second-order valence-electron chi connectivity index (χ2n) is 7.41. The Morgan fingerprint density at radius 3 is 2.56 bits per heavy atom. The van der Waals surface area contributed by atoms with Crippen molar-refractivity contribution in [3.8, 4) is 11.3 Å². The molecule has 2 N–H and O–H groups in total. The average molecular weight is 358 g/mol. The monoisotopic (exact) mass is 358 g/mol. The summed E-state index contributed by atoms with van der Waals surface area (Å²) in [6, 6.07) is 20.0. The van der Waals surface area contributed by atoms with Crippen LogP contribution in [0.5, 0.6) is 0 Å². The molecule has 6 heteroatoms. The minimum Gasteiger partial charge on any atom is -0.380 e. The van der Waals surface area contributed by atoms with Crippen molar-refractivity contribution in [3.05, 3.63) is 66.9 Å². The van der Waals surface area contributed by atoms with E-state index in [0.717, 1.165) is 22.6 Å². The number of fused-ring (bicyclic) bond motifs is 1. The molecule has 0 bridgehead atoms. The van der Waals surface area contributed by atoms with Crippen molar-refractivity contribution in [2.45, 2.75) is 26.3 Å². The Hall–Kier alpha value is -3.41. The van der Waals surface area contributed by atoms with Gasteiger partial charge < -0.3 is 10.6 Å². The fraction of sp³-hybridized carbons (Fsp3) is 0.190. The van der Waals surface area contributed by atoms with Gasteiger partial charge in [-0.25, -0.2) is 9.50 Å². The van der Waals surface area contributed by atoms with Gasteiger partial charge in [0.15, 0.2) is 5.65 Å². The molecule has 0 saturated heterocycles. The fourth-order valence-corrected chi connectivity index (χ4v) is 2.92. The molecule has 6 nitrogen and oxygen atoms in total. The average Bonchev–Trinajstić information content (AvgIpc) is 3.03. The lowest BCUT2D eigenvalue weighted by molar-refractivity contribution is 0.634. The van der Waals surface area contributed by atoms with Crippen LogP contribution in [-0.4, -0.2) is 25.1 Å². The van der Waals surface area contributed by atoms with Crippen molar-refractivity contribution in [2.24, 2.45) is 0 Å². The fourth-order valence-electron chi connectivity index (χ4n) is 2.92. The van der Waals surface area contributed by atoms with Crippen molar-refractivity contribution in [3.63, 3.8) is 0 Å². The number of nitrogens with one attached hydrogen (secondary N) is 2. The molecule has 0 aliphatic rings. The third-order valence-corrected chi connectivity index (χ3v) is 3.94. The zero-order valence-electron chi connectivity index (χ0n) is 15.6. The molecule has 136 valence electrons. The number of anilines is 3. The summed E-state index contributed by atoms with van der Waals surface area (Å²) in [5.41, 5.74) is 3.90. The summed E-state index contributed by atoms with van der Waals surface area (Å²) in [5.74, 6) is 1.23. The van der Waals surface area contributed by atoms with Crippen molar-refractivity contribution in [1.82, 2.24) is 19.6 Å². The summed E-state index contributed by atoms with van der Waals surface area (Å²) in [7, 11) is 0. The molecule has 0 aliphatic carbocycles. The van der Waals surface area contributed by atoms with Gasteiger partial charge in [0.1, 0.15) is 5.82 Å². The molecular formula is C21H22N6. The highest BCUT2D eigenvalue weighted by Crippen LogP contribution is 2.25. The van der Waals surface area contributed by atoms with Gasteiger partial charge in [-0.3, -0.25) is 0 Å². The van der Waals surface area contributed by atoms with E-state index in [1.165, 1.54) is 0 Å². The molecule has 1 aromatic carbocycles. The Morgan fingerprint density at radius 2 is 1.78 bits per heavy atom. The van der Waals surface area contributed by atoms with Crippen LogP contribution in [0.2, 0.25) is 0 Å². The first-order valence-electron chi connectivity index (χ1n) is 8.90. The maximum absolute atomic E-state index is 4.62. The maximum Gasteiger partial charge on any atom is 0.248 e. The van der Waals surface area contributed by atoms with Crippen molar-refractivity contribution in [1.29, 1.82) is 0 Å². The van der Waals surface area contributed by atoms with Crippen molar-refractivity contribution < 1.29 is 0 Å². The van der Waals surface area contributed by atoms with E-state index in [9.17, 15) is 0 Å². The maximum atomic E-state index is 4.62. The third kappa shape index (κ3) is 3.89. The molecular weight excluding hydrogens is 336 g/mol. The molecule has 27 heavy (non-hydrogen) atoms. The molecule has 3 aromatic heterocycles. The minimum atomic E-state index is -0.00232. The van der Waals surface area contributed by atoms with E-state index in [4.69, 9.17) is 0 Å². The van der Waals surface area contributed by atoms with E-state index >= 15 is 0 Å². The van der Waals surface area contributed by atoms with E-state index in [1.54, 1.807) is 6.20 Å². The molecule has 0 unspecified atom stereocenters. The summed E-state index contributed by atoms with van der Waals surface area (Å²) in [4.78, 5) is 8.82. The van der Waals surface area contributed by atoms with E-state index < -0.39 is 0 Å². The Bertz CT molecular complexity index is 1060. The van der Waals surface area contributed by atoms with Gasteiger partial charge in [-0.15, -0.1) is 5.10 Å². The van der Waals surface area contributed by atoms with Crippen LogP contribution in [0.4, 0.5) is 17.5 Å². The Kier molecular flexibility index (Phi) is 4.24. The van der Waals surface area contributed by atoms with Gasteiger partial charge in [-0.2, -0.15) is 4.98 Å². The lowest BCUT2D eigenvalue weighted by Crippen LogP contribution is -2.25. The lowest BCUT2D eigenvalue weighted by Gasteiger charge is -2.22. The van der Waals surface area contributed by atoms with Crippen LogP contribution < -0.4 is 10.6 Å². The Balaban J connectivity index is 1.71. The second kappa shape index (κ2) is 6.72. The van der Waals surface area contributed by atoms with Crippen LogP contribution in [0, 0.1) is 0 Å². The molecule has 3 heterocycles. The van der Waals surface area contributed by atoms with Crippen LogP contribution in [0.3, 0.4) is 0 Å². The Morgan fingerprint density at radius 1 is 0.926 bits per heavy atom. The predicted octanol–water partition coefficient (Wildman–Crippen LogP) is 4.75. The number of hydrogen-bond acceptors (Lipinski definition) is 5. The zero-order chi connectivity index (χ0) is 18.9. The normalized spacial score (nSPS) is 11.5. The highest BCUT2D eigenvalue weighted by atomic mass is 15.4. The van der Waals surface area contributed by atoms with Crippen LogP contribution in [0.1, 0.15) is 20.8 Å². The number of benzene rings is 1. The van der Waals surface area contributed by atoms with Gasteiger partial charge in [0.25, 0.3) is 0 Å². The number of aromatic nitrogens is 4. The summed E-state index contributed by atoms with van der Waals surface area (Å²) in [6.45, 7) is 6.44. The van der Waals surface area contributed by atoms with Gasteiger partial charge in [0, 0.05) is 23.0 Å². The largest absolute Gasteiger partial charge is 0.380 e. The topological polar surface area (TPSA) is 67.1 Å². The molecule has 0 saturated carbocycles. The first-order chi connectivity index (χ1) is 13.0. The number of nitrogens with zero attached hydrogens (tertiary/aromatic N) is 4. The lowest BCUT2D eigenvalue weighted by atomic mass is 10.1. The molecule has 0 radical (unpaired) electrons. The van der Waals surface area contributed by atoms with Gasteiger partial charge in [-0.05, 0) is 57.2 Å². The van der Waals surface area contributed by atoms with Gasteiger partial charge in [0.05, 0.1) is 5.69 Å². The van der Waals surface area contributed by atoms with Gasteiger partial charge in [0.2, 0.25) is 5.95 Å². The van der Waals surface area contributed by atoms with E-state index in [-0.39, 0.29) is 5.54 Å². The third-order valence-electron chi connectivity index (χ3n) is 3.94. The smallest absolute Gasteiger partial charge is 0.248 e. The standard InChI is InChI=1S/C21H22N6/c1-21(2,3)25-16-9-6-8-15(14-16)17-10-7-12-19-24-20(26-27(17)19)23-18-11-4-5-13-22-18/h4-14,25H,1-3H3,(H,22,23,26). The number of pyridine rings is 2. The summed E-state index contributed by atoms with van der Waals surface area (Å²) < 4.78 is 1.85. The summed E-state index contributed by atoms with van der Waals surface area (Å²) in [5, 5.41) is 11.3. The molecule has 4 aromatic rings. The van der Waals surface area contributed by atoms with Crippen LogP contribution >= 0.6 is 0 Å². The second-order valence-corrected chi connectivity index (χ2v) is 7.41. The first kappa shape index (κ1) is 17.0. The molecule has 0 atom stereocenters. The predicted molar refractivity (Wildman–Crippen MR) is 109 cm³/mol. The van der Waals surface area contributed by atoms with Gasteiger partial charge >= 0.3 is 0 Å². The highest BCUT2D eigenvalue weighted by molar-refractivity contribution is 5.68. The van der Waals surface area contributed by atoms with Crippen LogP contribution in [-0.2, 0) is 0 Å². The van der Waals surface area contributed by atoms with Crippen molar-refractivity contribution >= 4 is 23.1 Å². The molecule has 0 amide bonds. The van der Waals surface area contributed by atoms with E-state index in [0.29, 0.717) is 11.8 Å². The Labute approximate surface area is 158 Å². The van der Waals surface area contributed by atoms with Gasteiger partial charge in [-0.1, -0.05) is 24.3 Å². The van der Waals surface area contributed by atoms with Crippen LogP contribution in [0.15, 0.2) is 66.9 Å². The summed E-state index contributed by atoms with van der Waals surface area (Å²) >= 11 is 0. The zero-order valence-corrected chi connectivity index (χ0v) is 15.6. The number of hydrogen-bond donors (Lipinski definition) is 2.